The molecular formula is C16H27N3O3S. The van der Waals surface area contributed by atoms with Gasteiger partial charge in [-0.25, -0.2) is 8.42 Å². The van der Waals surface area contributed by atoms with Crippen LogP contribution in [0.5, 0.6) is 0 Å². The summed E-state index contributed by atoms with van der Waals surface area (Å²) >= 11 is 0. The molecule has 1 aliphatic carbocycles. The van der Waals surface area contributed by atoms with Gasteiger partial charge in [0.2, 0.25) is 10.0 Å². The quantitative estimate of drug-likeness (QED) is 0.718. The highest BCUT2D eigenvalue weighted by molar-refractivity contribution is 7.89. The van der Waals surface area contributed by atoms with Crippen molar-refractivity contribution in [2.45, 2.75) is 25.7 Å². The van der Waals surface area contributed by atoms with E-state index in [0.717, 1.165) is 38.4 Å². The van der Waals surface area contributed by atoms with Gasteiger partial charge >= 0.3 is 0 Å². The molecule has 0 spiro atoms. The molecule has 1 atom stereocenters. The van der Waals surface area contributed by atoms with Crippen molar-refractivity contribution in [3.8, 4) is 6.07 Å². The van der Waals surface area contributed by atoms with Crippen LogP contribution in [0.15, 0.2) is 0 Å². The number of ether oxygens (including phenoxy) is 1. The number of sulfonamides is 1. The maximum absolute atomic E-state index is 12.7. The Morgan fingerprint density at radius 3 is 2.30 bits per heavy atom. The zero-order valence-electron chi connectivity index (χ0n) is 13.7. The molecule has 0 amide bonds. The van der Waals surface area contributed by atoms with Gasteiger partial charge in [0.1, 0.15) is 0 Å². The summed E-state index contributed by atoms with van der Waals surface area (Å²) in [4.78, 5) is 2.38. The summed E-state index contributed by atoms with van der Waals surface area (Å²) in [6.45, 7) is 5.19. The molecule has 0 aromatic rings. The van der Waals surface area contributed by atoms with Gasteiger partial charge in [-0.05, 0) is 37.5 Å². The molecule has 0 bridgehead atoms. The van der Waals surface area contributed by atoms with Gasteiger partial charge in [0.25, 0.3) is 0 Å². The molecule has 3 rings (SSSR count). The van der Waals surface area contributed by atoms with Crippen LogP contribution in [0.4, 0.5) is 0 Å². The number of nitriles is 1. The van der Waals surface area contributed by atoms with Gasteiger partial charge in [0, 0.05) is 45.9 Å². The third kappa shape index (κ3) is 4.66. The Kier molecular flexibility index (Phi) is 5.57. The van der Waals surface area contributed by atoms with E-state index in [-0.39, 0.29) is 11.7 Å². The Hall–Kier alpha value is -0.680. The summed E-state index contributed by atoms with van der Waals surface area (Å²) in [7, 11) is -3.34. The van der Waals surface area contributed by atoms with Gasteiger partial charge in [-0.2, -0.15) is 9.57 Å². The second kappa shape index (κ2) is 7.47. The zero-order valence-corrected chi connectivity index (χ0v) is 14.5. The van der Waals surface area contributed by atoms with Crippen molar-refractivity contribution in [3.63, 3.8) is 0 Å². The van der Waals surface area contributed by atoms with Gasteiger partial charge in [-0.1, -0.05) is 0 Å². The maximum atomic E-state index is 12.7. The average molecular weight is 341 g/mol. The summed E-state index contributed by atoms with van der Waals surface area (Å²) in [5, 5.41) is 9.41. The molecule has 6 nitrogen and oxygen atoms in total. The van der Waals surface area contributed by atoms with Crippen LogP contribution >= 0.6 is 0 Å². The third-order valence-corrected chi connectivity index (χ3v) is 7.26. The van der Waals surface area contributed by atoms with E-state index in [1.54, 1.807) is 4.31 Å². The first-order valence-electron chi connectivity index (χ1n) is 8.76. The van der Waals surface area contributed by atoms with Crippen LogP contribution in [0.3, 0.4) is 0 Å². The van der Waals surface area contributed by atoms with Crippen LogP contribution < -0.4 is 0 Å². The maximum Gasteiger partial charge on any atom is 0.215 e. The largest absolute Gasteiger partial charge is 0.381 e. The Balaban J connectivity index is 1.52. The third-order valence-electron chi connectivity index (χ3n) is 5.33. The zero-order chi connectivity index (χ0) is 16.3. The van der Waals surface area contributed by atoms with Crippen LogP contribution in [-0.2, 0) is 14.8 Å². The van der Waals surface area contributed by atoms with Crippen molar-refractivity contribution in [1.82, 2.24) is 9.21 Å². The van der Waals surface area contributed by atoms with Crippen LogP contribution in [-0.4, -0.2) is 69.3 Å². The van der Waals surface area contributed by atoms with E-state index in [0.29, 0.717) is 26.3 Å². The van der Waals surface area contributed by atoms with E-state index in [1.165, 1.54) is 12.8 Å². The van der Waals surface area contributed by atoms with Crippen LogP contribution in [0.25, 0.3) is 0 Å². The fourth-order valence-corrected chi connectivity index (χ4v) is 5.32. The highest BCUT2D eigenvalue weighted by Gasteiger charge is 2.34. The molecule has 0 radical (unpaired) electrons. The van der Waals surface area contributed by atoms with Gasteiger partial charge < -0.3 is 9.64 Å². The molecule has 2 saturated heterocycles. The molecular weight excluding hydrogens is 314 g/mol. The Morgan fingerprint density at radius 2 is 1.74 bits per heavy atom. The molecule has 7 heteroatoms. The minimum Gasteiger partial charge on any atom is -0.381 e. The molecule has 3 fully saturated rings. The summed E-state index contributed by atoms with van der Waals surface area (Å²) in [6.07, 6.45) is 4.24. The van der Waals surface area contributed by atoms with E-state index >= 15 is 0 Å². The molecule has 23 heavy (non-hydrogen) atoms. The Labute approximate surface area is 139 Å². The van der Waals surface area contributed by atoms with Crippen LogP contribution in [0, 0.1) is 29.1 Å². The predicted molar refractivity (Wildman–Crippen MR) is 87.2 cm³/mol. The number of rotatable bonds is 6. The lowest BCUT2D eigenvalue weighted by Gasteiger charge is -2.35. The minimum absolute atomic E-state index is 0.0310. The van der Waals surface area contributed by atoms with Crippen molar-refractivity contribution >= 4 is 10.0 Å². The van der Waals surface area contributed by atoms with E-state index in [2.05, 4.69) is 11.0 Å². The predicted octanol–water partition coefficient (Wildman–Crippen LogP) is 0.910. The van der Waals surface area contributed by atoms with Gasteiger partial charge in [-0.3, -0.25) is 0 Å². The number of piperazine rings is 1. The van der Waals surface area contributed by atoms with Gasteiger partial charge in [0.05, 0.1) is 17.7 Å². The second-order valence-electron chi connectivity index (χ2n) is 7.11. The summed E-state index contributed by atoms with van der Waals surface area (Å²) in [5.74, 6) is 0.555. The Morgan fingerprint density at radius 1 is 1.09 bits per heavy atom. The molecule has 2 heterocycles. The molecule has 1 saturated carbocycles. The molecule has 130 valence electrons. The van der Waals surface area contributed by atoms with Gasteiger partial charge in [-0.15, -0.1) is 0 Å². The van der Waals surface area contributed by atoms with Crippen molar-refractivity contribution in [1.29, 1.82) is 5.26 Å². The van der Waals surface area contributed by atoms with Crippen molar-refractivity contribution in [3.05, 3.63) is 0 Å². The first-order valence-corrected chi connectivity index (χ1v) is 10.4. The second-order valence-corrected chi connectivity index (χ2v) is 9.12. The first kappa shape index (κ1) is 17.2. The summed E-state index contributed by atoms with van der Waals surface area (Å²) < 4.78 is 32.2. The van der Waals surface area contributed by atoms with E-state index in [1.807, 2.05) is 0 Å². The number of hydrogen-bond donors (Lipinski definition) is 0. The van der Waals surface area contributed by atoms with Crippen molar-refractivity contribution in [2.24, 2.45) is 17.8 Å². The summed E-state index contributed by atoms with van der Waals surface area (Å²) in [6, 6.07) is 2.24. The normalized spacial score (nSPS) is 26.7. The standard InChI is InChI=1S/C16H27N3O3S/c17-11-16(15-3-9-22-10-4-15)13-23(20,21)19-7-5-18(6-8-19)12-14-1-2-14/h14-16H,1-10,12-13H2. The fraction of sp³-hybridized carbons (Fsp3) is 0.938. The fourth-order valence-electron chi connectivity index (χ4n) is 3.59. The number of hydrogen-bond acceptors (Lipinski definition) is 5. The van der Waals surface area contributed by atoms with E-state index in [9.17, 15) is 13.7 Å². The Bertz CT molecular complexity index is 527. The van der Waals surface area contributed by atoms with Crippen LogP contribution in [0.2, 0.25) is 0 Å². The molecule has 0 aromatic carbocycles. The lowest BCUT2D eigenvalue weighted by molar-refractivity contribution is 0.0570. The topological polar surface area (TPSA) is 73.6 Å². The monoisotopic (exact) mass is 341 g/mol. The lowest BCUT2D eigenvalue weighted by atomic mass is 9.88. The van der Waals surface area contributed by atoms with Crippen molar-refractivity contribution < 1.29 is 13.2 Å². The number of nitrogens with zero attached hydrogens (tertiary/aromatic N) is 3. The highest BCUT2D eigenvalue weighted by atomic mass is 32.2. The lowest BCUT2D eigenvalue weighted by Crippen LogP contribution is -2.50. The summed E-state index contributed by atoms with van der Waals surface area (Å²) in [5.41, 5.74) is 0. The highest BCUT2D eigenvalue weighted by Crippen LogP contribution is 2.30. The van der Waals surface area contributed by atoms with Crippen LogP contribution in [0.1, 0.15) is 25.7 Å². The SMILES string of the molecule is N#CC(CS(=O)(=O)N1CCN(CC2CC2)CC1)C1CCOCC1. The molecule has 2 aliphatic heterocycles. The van der Waals surface area contributed by atoms with Crippen molar-refractivity contribution in [2.75, 3.05) is 51.7 Å². The average Bonchev–Trinajstić information content (AvgIpc) is 3.38. The molecule has 0 aromatic heterocycles. The minimum atomic E-state index is -3.34. The first-order chi connectivity index (χ1) is 11.1. The molecule has 3 aliphatic rings. The molecule has 1 unspecified atom stereocenters. The molecule has 0 N–H and O–H groups in total. The van der Waals surface area contributed by atoms with E-state index < -0.39 is 15.9 Å². The smallest absolute Gasteiger partial charge is 0.215 e. The van der Waals surface area contributed by atoms with E-state index in [4.69, 9.17) is 4.74 Å². The van der Waals surface area contributed by atoms with Gasteiger partial charge in [0.15, 0.2) is 0 Å².